The predicted molar refractivity (Wildman–Crippen MR) is 119 cm³/mol. The lowest BCUT2D eigenvalue weighted by molar-refractivity contribution is -0.138. The summed E-state index contributed by atoms with van der Waals surface area (Å²) in [6, 6.07) is 9.53. The minimum atomic E-state index is -0.599. The zero-order valence-electron chi connectivity index (χ0n) is 18.3. The van der Waals surface area contributed by atoms with Gasteiger partial charge in [-0.15, -0.1) is 0 Å². The number of nitrogens with zero attached hydrogens (tertiary/aromatic N) is 3. The number of hydrogen-bond acceptors (Lipinski definition) is 8. The van der Waals surface area contributed by atoms with Crippen LogP contribution >= 0.6 is 0 Å². The Morgan fingerprint density at radius 1 is 1.29 bits per heavy atom. The van der Waals surface area contributed by atoms with Crippen LogP contribution < -0.4 is 15.4 Å². The van der Waals surface area contributed by atoms with Gasteiger partial charge >= 0.3 is 5.97 Å². The van der Waals surface area contributed by atoms with Crippen LogP contribution in [0.1, 0.15) is 19.9 Å². The van der Waals surface area contributed by atoms with Crippen molar-refractivity contribution in [3.63, 3.8) is 0 Å². The monoisotopic (exact) mass is 427 g/mol. The molecule has 0 aliphatic carbocycles. The number of benzene rings is 1. The van der Waals surface area contributed by atoms with Crippen LogP contribution in [0, 0.1) is 0 Å². The number of pyridine rings is 1. The number of methoxy groups -OCH3 is 1. The molecule has 0 saturated carbocycles. The normalized spacial score (nSPS) is 12.2. The molecule has 9 nitrogen and oxygen atoms in total. The van der Waals surface area contributed by atoms with Crippen LogP contribution in [-0.2, 0) is 9.53 Å². The third kappa shape index (κ3) is 5.50. The molecule has 3 N–H and O–H groups in total. The van der Waals surface area contributed by atoms with Crippen LogP contribution in [0.15, 0.2) is 36.5 Å². The van der Waals surface area contributed by atoms with E-state index in [1.807, 2.05) is 48.9 Å². The molecule has 0 radical (unpaired) electrons. The summed E-state index contributed by atoms with van der Waals surface area (Å²) in [5, 5.41) is 21.2. The maximum atomic E-state index is 11.6. The quantitative estimate of drug-likeness (QED) is 0.423. The summed E-state index contributed by atoms with van der Waals surface area (Å²) in [6.45, 7) is 4.74. The maximum absolute atomic E-state index is 11.6. The smallest absolute Gasteiger partial charge is 0.325 e. The zero-order valence-corrected chi connectivity index (χ0v) is 18.3. The van der Waals surface area contributed by atoms with E-state index in [2.05, 4.69) is 15.7 Å². The van der Waals surface area contributed by atoms with Gasteiger partial charge in [-0.05, 0) is 39.1 Å². The molecule has 0 saturated heterocycles. The fourth-order valence-corrected chi connectivity index (χ4v) is 3.16. The molecule has 166 valence electrons. The summed E-state index contributed by atoms with van der Waals surface area (Å²) in [7, 11) is 3.13. The van der Waals surface area contributed by atoms with Gasteiger partial charge < -0.3 is 25.2 Å². The van der Waals surface area contributed by atoms with E-state index in [-0.39, 0.29) is 25.2 Å². The number of aromatic nitrogens is 3. The summed E-state index contributed by atoms with van der Waals surface area (Å²) < 4.78 is 12.3. The summed E-state index contributed by atoms with van der Waals surface area (Å²) in [6.07, 6.45) is 1.15. The molecule has 31 heavy (non-hydrogen) atoms. The van der Waals surface area contributed by atoms with Gasteiger partial charge in [0.1, 0.15) is 25.0 Å². The van der Waals surface area contributed by atoms with Gasteiger partial charge in [0.25, 0.3) is 0 Å². The molecule has 1 aromatic carbocycles. The van der Waals surface area contributed by atoms with Gasteiger partial charge in [-0.1, -0.05) is 12.1 Å². The molecule has 0 aliphatic heterocycles. The number of fused-ring (bicyclic) bond motifs is 1. The molecule has 0 amide bonds. The van der Waals surface area contributed by atoms with Crippen molar-refractivity contribution in [1.82, 2.24) is 20.1 Å². The van der Waals surface area contributed by atoms with Crippen molar-refractivity contribution in [2.75, 3.05) is 39.2 Å². The Morgan fingerprint density at radius 2 is 2.10 bits per heavy atom. The Balaban J connectivity index is 1.96. The van der Waals surface area contributed by atoms with Crippen LogP contribution in [0.5, 0.6) is 5.75 Å². The van der Waals surface area contributed by atoms with E-state index in [4.69, 9.17) is 14.5 Å². The second kappa shape index (κ2) is 10.2. The zero-order chi connectivity index (χ0) is 22.4. The van der Waals surface area contributed by atoms with E-state index < -0.39 is 6.10 Å². The van der Waals surface area contributed by atoms with Gasteiger partial charge in [-0.3, -0.25) is 4.79 Å². The lowest BCUT2D eigenvalue weighted by Crippen LogP contribution is -2.29. The number of aliphatic hydroxyl groups excluding tert-OH is 1. The van der Waals surface area contributed by atoms with Gasteiger partial charge in [0.2, 0.25) is 0 Å². The average Bonchev–Trinajstić information content (AvgIpc) is 3.20. The lowest BCUT2D eigenvalue weighted by Gasteiger charge is -2.14. The van der Waals surface area contributed by atoms with Crippen LogP contribution in [0.3, 0.4) is 0 Å². The molecule has 0 spiro atoms. The lowest BCUT2D eigenvalue weighted by atomic mass is 10.1. The summed E-state index contributed by atoms with van der Waals surface area (Å²) in [5.74, 6) is 0.272. The van der Waals surface area contributed by atoms with Gasteiger partial charge in [-0.2, -0.15) is 5.10 Å². The van der Waals surface area contributed by atoms with Crippen molar-refractivity contribution >= 4 is 22.7 Å². The van der Waals surface area contributed by atoms with Crippen molar-refractivity contribution in [2.24, 2.45) is 0 Å². The number of nitrogens with one attached hydrogen (secondary N) is 2. The molecule has 3 rings (SSSR count). The van der Waals surface area contributed by atoms with Crippen molar-refractivity contribution < 1.29 is 19.4 Å². The Labute approximate surface area is 181 Å². The first-order valence-corrected chi connectivity index (χ1v) is 10.2. The number of likely N-dealkylation sites (N-methyl/N-ethyl adjacent to an activating group) is 1. The van der Waals surface area contributed by atoms with E-state index >= 15 is 0 Å². The second-order valence-electron chi connectivity index (χ2n) is 7.46. The molecule has 1 unspecified atom stereocenters. The fraction of sp³-hybridized carbons (Fsp3) is 0.409. The third-order valence-corrected chi connectivity index (χ3v) is 4.72. The highest BCUT2D eigenvalue weighted by molar-refractivity contribution is 5.93. The number of esters is 1. The molecular weight excluding hydrogens is 398 g/mol. The first-order chi connectivity index (χ1) is 14.9. The Kier molecular flexibility index (Phi) is 7.43. The van der Waals surface area contributed by atoms with E-state index in [1.165, 1.54) is 7.11 Å². The van der Waals surface area contributed by atoms with Gasteiger partial charge in [-0.25, -0.2) is 9.67 Å². The molecule has 0 fully saturated rings. The minimum Gasteiger partial charge on any atom is -0.491 e. The van der Waals surface area contributed by atoms with E-state index in [9.17, 15) is 9.90 Å². The number of rotatable bonds is 10. The van der Waals surface area contributed by atoms with Crippen LogP contribution in [-0.4, -0.2) is 65.8 Å². The number of hydrogen-bond donors (Lipinski definition) is 3. The highest BCUT2D eigenvalue weighted by Gasteiger charge is 2.15. The number of carbonyl (C=O) groups is 1. The molecule has 0 aliphatic rings. The van der Waals surface area contributed by atoms with Crippen molar-refractivity contribution in [3.05, 3.63) is 36.5 Å². The Morgan fingerprint density at radius 3 is 2.81 bits per heavy atom. The second-order valence-corrected chi connectivity index (χ2v) is 7.46. The van der Waals surface area contributed by atoms with Crippen molar-refractivity contribution in [3.8, 4) is 17.0 Å². The number of aliphatic hydroxyl groups is 1. The molecule has 2 aromatic heterocycles. The van der Waals surface area contributed by atoms with E-state index in [1.54, 1.807) is 13.2 Å². The molecule has 0 bridgehead atoms. The SMILES string of the molecule is CNCC(O)COc1cccc(-c2cc(NCC(=O)OC)c3cnn(C(C)C)c3n2)c1. The predicted octanol–water partition coefficient (Wildman–Crippen LogP) is 2.22. The number of carbonyl (C=O) groups excluding carboxylic acids is 1. The third-order valence-electron chi connectivity index (χ3n) is 4.72. The number of anilines is 1. The summed E-state index contributed by atoms with van der Waals surface area (Å²) in [4.78, 5) is 16.5. The van der Waals surface area contributed by atoms with Gasteiger partial charge in [0, 0.05) is 23.8 Å². The van der Waals surface area contributed by atoms with Gasteiger partial charge in [0.05, 0.1) is 24.4 Å². The largest absolute Gasteiger partial charge is 0.491 e. The molecular formula is C22H29N5O4. The summed E-state index contributed by atoms with van der Waals surface area (Å²) in [5.41, 5.74) is 3.02. The molecule has 3 aromatic rings. The Bertz CT molecular complexity index is 1030. The van der Waals surface area contributed by atoms with Crippen LogP contribution in [0.2, 0.25) is 0 Å². The Hall–Kier alpha value is -3.17. The minimum absolute atomic E-state index is 0.0361. The number of ether oxygens (including phenoxy) is 2. The molecule has 9 heteroatoms. The van der Waals surface area contributed by atoms with Crippen LogP contribution in [0.25, 0.3) is 22.3 Å². The topological polar surface area (TPSA) is 111 Å². The standard InChI is InChI=1S/C22H29N5O4/c1-14(2)27-22-18(11-25-27)20(24-12-21(29)30-4)9-19(26-22)15-6-5-7-17(8-15)31-13-16(28)10-23-3/h5-9,11,14,16,23,28H,10,12-13H2,1-4H3,(H,24,26). The van der Waals surface area contributed by atoms with Crippen LogP contribution in [0.4, 0.5) is 5.69 Å². The highest BCUT2D eigenvalue weighted by atomic mass is 16.5. The van der Waals surface area contributed by atoms with E-state index in [0.717, 1.165) is 22.3 Å². The molecule has 2 heterocycles. The first-order valence-electron chi connectivity index (χ1n) is 10.2. The van der Waals surface area contributed by atoms with E-state index in [0.29, 0.717) is 18.0 Å². The average molecular weight is 428 g/mol. The summed E-state index contributed by atoms with van der Waals surface area (Å²) >= 11 is 0. The highest BCUT2D eigenvalue weighted by Crippen LogP contribution is 2.31. The van der Waals surface area contributed by atoms with Crippen molar-refractivity contribution in [2.45, 2.75) is 26.0 Å². The van der Waals surface area contributed by atoms with Gasteiger partial charge in [0.15, 0.2) is 5.65 Å². The van der Waals surface area contributed by atoms with Crippen molar-refractivity contribution in [1.29, 1.82) is 0 Å². The molecule has 1 atom stereocenters. The maximum Gasteiger partial charge on any atom is 0.325 e. The first kappa shape index (κ1) is 22.5. The fourth-order valence-electron chi connectivity index (χ4n) is 3.16.